The third-order valence-electron chi connectivity index (χ3n) is 6.38. The Hall–Kier alpha value is -3.98. The molecule has 2 aliphatic heterocycles. The van der Waals surface area contributed by atoms with Crippen LogP contribution in [0.3, 0.4) is 0 Å². The first-order chi connectivity index (χ1) is 17.2. The Labute approximate surface area is 203 Å². The van der Waals surface area contributed by atoms with Gasteiger partial charge in [0.1, 0.15) is 29.9 Å². The number of hydrogen-bond acceptors (Lipinski definition) is 9. The summed E-state index contributed by atoms with van der Waals surface area (Å²) >= 11 is 0. The van der Waals surface area contributed by atoms with Crippen molar-refractivity contribution in [3.8, 4) is 17.2 Å². The molecule has 2 N–H and O–H groups in total. The van der Waals surface area contributed by atoms with Crippen molar-refractivity contribution < 1.29 is 9.47 Å². The summed E-state index contributed by atoms with van der Waals surface area (Å²) in [6, 6.07) is 12.1. The lowest BCUT2D eigenvalue weighted by atomic mass is 10.2. The molecule has 0 radical (unpaired) electrons. The summed E-state index contributed by atoms with van der Waals surface area (Å²) in [6.07, 6.45) is 4.21. The fourth-order valence-corrected chi connectivity index (χ4v) is 4.49. The zero-order valence-electron chi connectivity index (χ0n) is 19.8. The fourth-order valence-electron chi connectivity index (χ4n) is 4.49. The molecule has 0 spiro atoms. The van der Waals surface area contributed by atoms with E-state index in [0.29, 0.717) is 24.0 Å². The molecule has 9 nitrogen and oxygen atoms in total. The largest absolute Gasteiger partial charge is 0.488 e. The third-order valence-corrected chi connectivity index (χ3v) is 6.38. The molecule has 2 aliphatic rings. The summed E-state index contributed by atoms with van der Waals surface area (Å²) in [5.41, 5.74) is 4.39. The molecular formula is C26H27N7O2. The fraction of sp³-hybridized carbons (Fsp3) is 0.308. The summed E-state index contributed by atoms with van der Waals surface area (Å²) in [5.74, 6) is 3.77. The molecule has 0 aliphatic carbocycles. The molecule has 4 aromatic rings. The van der Waals surface area contributed by atoms with Crippen molar-refractivity contribution in [3.05, 3.63) is 60.2 Å². The van der Waals surface area contributed by atoms with Gasteiger partial charge in [-0.15, -0.1) is 0 Å². The van der Waals surface area contributed by atoms with Gasteiger partial charge in [0, 0.05) is 37.1 Å². The lowest BCUT2D eigenvalue weighted by Gasteiger charge is -2.31. The van der Waals surface area contributed by atoms with Crippen LogP contribution >= 0.6 is 0 Å². The van der Waals surface area contributed by atoms with Gasteiger partial charge in [-0.1, -0.05) is 6.92 Å². The van der Waals surface area contributed by atoms with Gasteiger partial charge in [-0.25, -0.2) is 15.0 Å². The second-order valence-electron chi connectivity index (χ2n) is 8.85. The van der Waals surface area contributed by atoms with E-state index in [0.717, 1.165) is 71.6 Å². The van der Waals surface area contributed by atoms with Crippen LogP contribution in [-0.2, 0) is 6.42 Å². The van der Waals surface area contributed by atoms with Gasteiger partial charge in [0.15, 0.2) is 17.4 Å². The Morgan fingerprint density at radius 3 is 2.94 bits per heavy atom. The van der Waals surface area contributed by atoms with Gasteiger partial charge >= 0.3 is 0 Å². The topological polar surface area (TPSA) is 97.3 Å². The van der Waals surface area contributed by atoms with Crippen LogP contribution in [0.25, 0.3) is 11.0 Å². The molecule has 2 bridgehead atoms. The van der Waals surface area contributed by atoms with Crippen LogP contribution in [0.2, 0.25) is 0 Å². The van der Waals surface area contributed by atoms with Crippen LogP contribution in [0.15, 0.2) is 48.9 Å². The molecule has 9 heteroatoms. The van der Waals surface area contributed by atoms with E-state index in [1.54, 1.807) is 12.5 Å². The highest BCUT2D eigenvalue weighted by atomic mass is 16.5. The van der Waals surface area contributed by atoms with Crippen molar-refractivity contribution >= 4 is 28.4 Å². The zero-order chi connectivity index (χ0) is 23.8. The second-order valence-corrected chi connectivity index (χ2v) is 8.85. The van der Waals surface area contributed by atoms with Crippen molar-refractivity contribution in [2.45, 2.75) is 26.3 Å². The molecule has 6 rings (SSSR count). The lowest BCUT2D eigenvalue weighted by Crippen LogP contribution is -2.51. The monoisotopic (exact) mass is 469 g/mol. The maximum atomic E-state index is 6.05. The summed E-state index contributed by atoms with van der Waals surface area (Å²) < 4.78 is 12.1. The van der Waals surface area contributed by atoms with E-state index in [9.17, 15) is 0 Å². The molecule has 35 heavy (non-hydrogen) atoms. The number of anilines is 3. The average molecular weight is 470 g/mol. The van der Waals surface area contributed by atoms with Crippen LogP contribution in [0, 0.1) is 6.92 Å². The molecule has 0 unspecified atom stereocenters. The van der Waals surface area contributed by atoms with E-state index in [4.69, 9.17) is 14.5 Å². The van der Waals surface area contributed by atoms with Crippen LogP contribution in [-0.4, -0.2) is 52.2 Å². The van der Waals surface area contributed by atoms with Crippen molar-refractivity contribution in [1.29, 1.82) is 0 Å². The minimum atomic E-state index is 0.300. The average Bonchev–Trinajstić information content (AvgIpc) is 3.00. The first-order valence-corrected chi connectivity index (χ1v) is 11.9. The number of nitrogens with one attached hydrogen (secondary N) is 2. The SMILES string of the molecule is CCc1ccc(Oc2ccc(Nc3ncnc4cc5c(nc34)N3CCN[C@H](CO5)C3)cc2C)cn1. The van der Waals surface area contributed by atoms with Crippen LogP contribution < -0.4 is 25.0 Å². The Morgan fingerprint density at radius 2 is 2.11 bits per heavy atom. The number of nitrogens with zero attached hydrogens (tertiary/aromatic N) is 5. The first kappa shape index (κ1) is 21.5. The maximum Gasteiger partial charge on any atom is 0.172 e. The van der Waals surface area contributed by atoms with Crippen LogP contribution in [0.4, 0.5) is 17.3 Å². The van der Waals surface area contributed by atoms with Gasteiger partial charge in [-0.05, 0) is 49.2 Å². The van der Waals surface area contributed by atoms with E-state index < -0.39 is 0 Å². The molecular weight excluding hydrogens is 442 g/mol. The number of benzene rings is 1. The maximum absolute atomic E-state index is 6.05. The molecule has 5 heterocycles. The van der Waals surface area contributed by atoms with E-state index in [2.05, 4.69) is 37.4 Å². The molecule has 1 atom stereocenters. The van der Waals surface area contributed by atoms with Crippen molar-refractivity contribution in [2.75, 3.05) is 36.5 Å². The van der Waals surface area contributed by atoms with Crippen LogP contribution in [0.1, 0.15) is 18.2 Å². The van der Waals surface area contributed by atoms with E-state index in [1.807, 2.05) is 43.3 Å². The number of hydrogen-bond donors (Lipinski definition) is 2. The number of aromatic nitrogens is 4. The number of rotatable bonds is 5. The smallest absolute Gasteiger partial charge is 0.172 e. The van der Waals surface area contributed by atoms with Crippen molar-refractivity contribution in [1.82, 2.24) is 25.3 Å². The highest BCUT2D eigenvalue weighted by Crippen LogP contribution is 2.35. The van der Waals surface area contributed by atoms with Gasteiger partial charge in [-0.2, -0.15) is 0 Å². The number of piperazine rings is 1. The first-order valence-electron chi connectivity index (χ1n) is 11.9. The minimum absolute atomic E-state index is 0.300. The quantitative estimate of drug-likeness (QED) is 0.449. The summed E-state index contributed by atoms with van der Waals surface area (Å²) in [5, 5.41) is 6.91. The van der Waals surface area contributed by atoms with E-state index in [1.165, 1.54) is 0 Å². The predicted octanol–water partition coefficient (Wildman–Crippen LogP) is 4.00. The van der Waals surface area contributed by atoms with Crippen molar-refractivity contribution in [2.24, 2.45) is 0 Å². The minimum Gasteiger partial charge on any atom is -0.488 e. The number of aryl methyl sites for hydroxylation is 2. The molecule has 1 fully saturated rings. The van der Waals surface area contributed by atoms with Gasteiger partial charge in [0.25, 0.3) is 0 Å². The van der Waals surface area contributed by atoms with Gasteiger partial charge in [0.05, 0.1) is 17.8 Å². The highest BCUT2D eigenvalue weighted by molar-refractivity contribution is 5.90. The third kappa shape index (κ3) is 4.30. The molecule has 1 saturated heterocycles. The van der Waals surface area contributed by atoms with Crippen molar-refractivity contribution in [3.63, 3.8) is 0 Å². The summed E-state index contributed by atoms with van der Waals surface area (Å²) in [6.45, 7) is 7.40. The summed E-state index contributed by atoms with van der Waals surface area (Å²) in [4.78, 5) is 20.6. The van der Waals surface area contributed by atoms with Gasteiger partial charge < -0.3 is 25.0 Å². The number of ether oxygens (including phenoxy) is 2. The molecule has 0 amide bonds. The number of fused-ring (bicyclic) bond motifs is 5. The lowest BCUT2D eigenvalue weighted by molar-refractivity contribution is 0.271. The molecule has 3 aromatic heterocycles. The van der Waals surface area contributed by atoms with Gasteiger partial charge in [0.2, 0.25) is 0 Å². The molecule has 178 valence electrons. The normalized spacial score (nSPS) is 16.9. The van der Waals surface area contributed by atoms with Gasteiger partial charge in [-0.3, -0.25) is 4.98 Å². The predicted molar refractivity (Wildman–Crippen MR) is 135 cm³/mol. The Balaban J connectivity index is 1.28. The molecule has 0 saturated carbocycles. The van der Waals surface area contributed by atoms with E-state index in [-0.39, 0.29) is 0 Å². The van der Waals surface area contributed by atoms with Crippen LogP contribution in [0.5, 0.6) is 17.2 Å². The Bertz CT molecular complexity index is 1380. The number of pyridine rings is 2. The summed E-state index contributed by atoms with van der Waals surface area (Å²) in [7, 11) is 0. The Kier molecular flexibility index (Phi) is 5.54. The second kappa shape index (κ2) is 8.99. The Morgan fingerprint density at radius 1 is 1.17 bits per heavy atom. The standard InChI is InChI=1S/C26H27N7O2/c1-3-17-4-6-20(12-28-17)35-22-7-5-18(10-16(22)2)31-25-24-21(29-15-30-25)11-23-26(32-24)33-9-8-27-19(13-33)14-34-23/h4-7,10-12,15,19,27H,3,8-9,13-14H2,1-2H3,(H,29,30,31)/t19-/m0/s1. The highest BCUT2D eigenvalue weighted by Gasteiger charge is 2.28. The molecule has 1 aromatic carbocycles. The zero-order valence-corrected chi connectivity index (χ0v) is 19.8. The van der Waals surface area contributed by atoms with E-state index >= 15 is 0 Å².